The van der Waals surface area contributed by atoms with E-state index in [2.05, 4.69) is 49.3 Å². The molecule has 1 aromatic rings. The van der Waals surface area contributed by atoms with Crippen molar-refractivity contribution in [3.05, 3.63) is 33.8 Å². The lowest BCUT2D eigenvalue weighted by Crippen LogP contribution is -1.99. The quantitative estimate of drug-likeness (QED) is 0.547. The van der Waals surface area contributed by atoms with E-state index in [1.165, 1.54) is 5.56 Å². The minimum absolute atomic E-state index is 0.194. The molecule has 0 bridgehead atoms. The topological polar surface area (TPSA) is 23.9 Å². The summed E-state index contributed by atoms with van der Waals surface area (Å²) in [6.45, 7) is 9.97. The maximum atomic E-state index is 7.39. The first kappa shape index (κ1) is 15.7. The summed E-state index contributed by atoms with van der Waals surface area (Å²) in [7, 11) is 0. The summed E-state index contributed by atoms with van der Waals surface area (Å²) in [6, 6.07) is 5.93. The Morgan fingerprint density at radius 3 is 2.06 bits per heavy atom. The number of halogens is 1. The van der Waals surface area contributed by atoms with Crippen LogP contribution in [-0.2, 0) is 0 Å². The Kier molecular flexibility index (Phi) is 6.34. The van der Waals surface area contributed by atoms with Crippen LogP contribution in [0.3, 0.4) is 0 Å². The highest BCUT2D eigenvalue weighted by atomic mass is 79.9. The summed E-state index contributed by atoms with van der Waals surface area (Å²) in [6.07, 6.45) is 0. The molecule has 90 valence electrons. The van der Waals surface area contributed by atoms with Crippen molar-refractivity contribution >= 4 is 34.3 Å². The number of thiol groups is 1. The predicted octanol–water partition coefficient (Wildman–Crippen LogP) is 4.86. The molecule has 0 saturated carbocycles. The van der Waals surface area contributed by atoms with Crippen LogP contribution >= 0.6 is 28.6 Å². The third kappa shape index (κ3) is 7.94. The summed E-state index contributed by atoms with van der Waals surface area (Å²) in [5.41, 5.74) is 2.78. The van der Waals surface area contributed by atoms with Crippen LogP contribution in [0.5, 0.6) is 0 Å². The van der Waals surface area contributed by atoms with E-state index in [-0.39, 0.29) is 4.75 Å². The molecule has 3 heteroatoms. The van der Waals surface area contributed by atoms with Gasteiger partial charge in [0.05, 0.1) is 0 Å². The normalized spacial score (nSPS) is 10.4. The molecular formula is C13H20BrNS. The maximum absolute atomic E-state index is 7.39. The zero-order chi connectivity index (χ0) is 12.9. The monoisotopic (exact) mass is 301 g/mol. The first-order valence-corrected chi connectivity index (χ1v) is 6.39. The molecule has 0 aliphatic carbocycles. The lowest BCUT2D eigenvalue weighted by Gasteiger charge is -2.04. The molecule has 0 amide bonds. The standard InChI is InChI=1S/C9H10BrN.C4H10S/c1-6-5-8(7(2)11)3-4-9(6)10;1-4(2,3)5/h3-5,11H,1-2H3;5H,1-3H3. The molecule has 0 heterocycles. The van der Waals surface area contributed by atoms with E-state index >= 15 is 0 Å². The molecule has 1 rings (SSSR count). The van der Waals surface area contributed by atoms with Crippen molar-refractivity contribution in [2.45, 2.75) is 39.4 Å². The molecule has 0 aliphatic rings. The molecule has 0 radical (unpaired) electrons. The van der Waals surface area contributed by atoms with Crippen LogP contribution in [0.2, 0.25) is 0 Å². The second-order valence-corrected chi connectivity index (χ2v) is 6.96. The van der Waals surface area contributed by atoms with E-state index in [9.17, 15) is 0 Å². The van der Waals surface area contributed by atoms with Gasteiger partial charge < -0.3 is 5.41 Å². The Morgan fingerprint density at radius 1 is 1.31 bits per heavy atom. The number of aryl methyl sites for hydroxylation is 1. The first-order valence-electron chi connectivity index (χ1n) is 5.15. The summed E-state index contributed by atoms with van der Waals surface area (Å²) >= 11 is 7.53. The van der Waals surface area contributed by atoms with Crippen LogP contribution in [0.4, 0.5) is 0 Å². The molecule has 1 N–H and O–H groups in total. The van der Waals surface area contributed by atoms with Crippen molar-refractivity contribution in [1.82, 2.24) is 0 Å². The molecule has 16 heavy (non-hydrogen) atoms. The highest BCUT2D eigenvalue weighted by Crippen LogP contribution is 2.17. The first-order chi connectivity index (χ1) is 7.11. The number of rotatable bonds is 1. The van der Waals surface area contributed by atoms with Crippen molar-refractivity contribution in [1.29, 1.82) is 5.41 Å². The predicted molar refractivity (Wildman–Crippen MR) is 80.1 cm³/mol. The third-order valence-electron chi connectivity index (χ3n) is 1.59. The summed E-state index contributed by atoms with van der Waals surface area (Å²) in [5, 5.41) is 7.39. The van der Waals surface area contributed by atoms with Crippen molar-refractivity contribution in [3.8, 4) is 0 Å². The Hall–Kier alpha value is -0.280. The molecule has 0 unspecified atom stereocenters. The summed E-state index contributed by atoms with van der Waals surface area (Å²) in [4.78, 5) is 0. The lowest BCUT2D eigenvalue weighted by atomic mass is 10.1. The van der Waals surface area contributed by atoms with Crippen LogP contribution in [-0.4, -0.2) is 10.5 Å². The van der Waals surface area contributed by atoms with Gasteiger partial charge in [0, 0.05) is 14.9 Å². The fourth-order valence-electron chi connectivity index (χ4n) is 0.878. The van der Waals surface area contributed by atoms with Crippen molar-refractivity contribution < 1.29 is 0 Å². The van der Waals surface area contributed by atoms with Crippen LogP contribution in [0.15, 0.2) is 22.7 Å². The van der Waals surface area contributed by atoms with Gasteiger partial charge in [-0.1, -0.05) is 42.8 Å². The Balaban J connectivity index is 0.000000385. The smallest absolute Gasteiger partial charge is 0.0355 e. The fourth-order valence-corrected chi connectivity index (χ4v) is 1.12. The second-order valence-electron chi connectivity index (χ2n) is 4.76. The average Bonchev–Trinajstić information content (AvgIpc) is 2.06. The van der Waals surface area contributed by atoms with E-state index in [0.717, 1.165) is 10.0 Å². The molecule has 1 nitrogen and oxygen atoms in total. The highest BCUT2D eigenvalue weighted by Gasteiger charge is 1.97. The minimum atomic E-state index is 0.194. The zero-order valence-corrected chi connectivity index (χ0v) is 13.0. The minimum Gasteiger partial charge on any atom is -0.305 e. The largest absolute Gasteiger partial charge is 0.305 e. The molecule has 0 fully saturated rings. The van der Waals surface area contributed by atoms with Crippen molar-refractivity contribution in [2.75, 3.05) is 0 Å². The number of benzene rings is 1. The maximum Gasteiger partial charge on any atom is 0.0355 e. The molecule has 0 spiro atoms. The van der Waals surface area contributed by atoms with E-state index in [0.29, 0.717) is 5.71 Å². The fraction of sp³-hybridized carbons (Fsp3) is 0.462. The van der Waals surface area contributed by atoms with Gasteiger partial charge in [0.2, 0.25) is 0 Å². The molecule has 0 aromatic heterocycles. The zero-order valence-electron chi connectivity index (χ0n) is 10.6. The van der Waals surface area contributed by atoms with E-state index in [1.54, 1.807) is 6.92 Å². The number of hydrogen-bond donors (Lipinski definition) is 2. The molecule has 0 atom stereocenters. The highest BCUT2D eigenvalue weighted by molar-refractivity contribution is 9.10. The van der Waals surface area contributed by atoms with Gasteiger partial charge in [0.15, 0.2) is 0 Å². The Bertz CT molecular complexity index is 361. The van der Waals surface area contributed by atoms with Gasteiger partial charge in [-0.25, -0.2) is 0 Å². The van der Waals surface area contributed by atoms with Crippen molar-refractivity contribution in [3.63, 3.8) is 0 Å². The summed E-state index contributed by atoms with van der Waals surface area (Å²) < 4.78 is 1.29. The number of nitrogens with one attached hydrogen (secondary N) is 1. The van der Waals surface area contributed by atoms with Gasteiger partial charge in [0.1, 0.15) is 0 Å². The van der Waals surface area contributed by atoms with Gasteiger partial charge >= 0.3 is 0 Å². The van der Waals surface area contributed by atoms with Gasteiger partial charge in [-0.2, -0.15) is 12.6 Å². The molecule has 0 saturated heterocycles. The number of hydrogen-bond acceptors (Lipinski definition) is 2. The molecule has 0 aliphatic heterocycles. The van der Waals surface area contributed by atoms with Crippen LogP contribution in [0.25, 0.3) is 0 Å². The lowest BCUT2D eigenvalue weighted by molar-refractivity contribution is 0.812. The SMILES string of the molecule is CC(=N)c1ccc(Br)c(C)c1.CC(C)(C)S. The van der Waals surface area contributed by atoms with Gasteiger partial charge in [0.25, 0.3) is 0 Å². The van der Waals surface area contributed by atoms with Gasteiger partial charge in [-0.3, -0.25) is 0 Å². The van der Waals surface area contributed by atoms with E-state index in [4.69, 9.17) is 5.41 Å². The van der Waals surface area contributed by atoms with E-state index in [1.807, 2.05) is 25.1 Å². The Labute approximate surface area is 113 Å². The van der Waals surface area contributed by atoms with Crippen LogP contribution in [0.1, 0.15) is 38.8 Å². The molecule has 1 aromatic carbocycles. The third-order valence-corrected chi connectivity index (χ3v) is 2.48. The van der Waals surface area contributed by atoms with E-state index < -0.39 is 0 Å². The van der Waals surface area contributed by atoms with Crippen molar-refractivity contribution in [2.24, 2.45) is 0 Å². The van der Waals surface area contributed by atoms with Crippen LogP contribution in [0, 0.1) is 12.3 Å². The van der Waals surface area contributed by atoms with Gasteiger partial charge in [-0.05, 0) is 37.1 Å². The van der Waals surface area contributed by atoms with Gasteiger partial charge in [-0.15, -0.1) is 0 Å². The van der Waals surface area contributed by atoms with Crippen LogP contribution < -0.4 is 0 Å². The average molecular weight is 302 g/mol. The Morgan fingerprint density at radius 2 is 1.75 bits per heavy atom. The summed E-state index contributed by atoms with van der Waals surface area (Å²) in [5.74, 6) is 0. The second kappa shape index (κ2) is 6.45. The molecular weight excluding hydrogens is 282 g/mol.